The van der Waals surface area contributed by atoms with Crippen LogP contribution < -0.4 is 0 Å². The Bertz CT molecular complexity index is 892. The summed E-state index contributed by atoms with van der Waals surface area (Å²) in [6.07, 6.45) is 3.39. The Kier molecular flexibility index (Phi) is 5.59. The largest absolute Gasteiger partial charge is 0.262 e. The van der Waals surface area contributed by atoms with Crippen LogP contribution in [0, 0.1) is 12.7 Å². The molecule has 6 heteroatoms. The highest BCUT2D eigenvalue weighted by molar-refractivity contribution is 9.10. The van der Waals surface area contributed by atoms with Gasteiger partial charge in [0.25, 0.3) is 0 Å². The fraction of sp³-hybridized carbons (Fsp3) is 0.263. The Morgan fingerprint density at radius 2 is 2.08 bits per heavy atom. The predicted octanol–water partition coefficient (Wildman–Crippen LogP) is 5.81. The summed E-state index contributed by atoms with van der Waals surface area (Å²) in [4.78, 5) is 4.95. The highest BCUT2D eigenvalue weighted by Crippen LogP contribution is 2.36. The number of rotatable bonds is 5. The molecule has 0 radical (unpaired) electrons. The smallest absolute Gasteiger partial charge is 0.145 e. The zero-order valence-corrected chi connectivity index (χ0v) is 16.7. The number of halogens is 2. The van der Waals surface area contributed by atoms with Crippen LogP contribution in [0.3, 0.4) is 0 Å². The summed E-state index contributed by atoms with van der Waals surface area (Å²) < 4.78 is 17.1. The van der Waals surface area contributed by atoms with E-state index in [4.69, 9.17) is 5.10 Å². The maximum absolute atomic E-state index is 14.1. The normalized spacial score (nSPS) is 11.3. The van der Waals surface area contributed by atoms with Crippen molar-refractivity contribution in [3.63, 3.8) is 0 Å². The number of benzene rings is 1. The van der Waals surface area contributed by atoms with Crippen molar-refractivity contribution >= 4 is 27.7 Å². The molecule has 0 aliphatic rings. The Morgan fingerprint density at radius 3 is 2.76 bits per heavy atom. The first-order valence-electron chi connectivity index (χ1n) is 8.05. The average Bonchev–Trinajstić information content (AvgIpc) is 2.86. The second kappa shape index (κ2) is 7.70. The van der Waals surface area contributed by atoms with Gasteiger partial charge in [0, 0.05) is 33.6 Å². The lowest BCUT2D eigenvalue weighted by molar-refractivity contribution is 0.489. The third-order valence-corrected chi connectivity index (χ3v) is 5.49. The molecule has 0 unspecified atom stereocenters. The van der Waals surface area contributed by atoms with E-state index in [1.54, 1.807) is 24.0 Å². The minimum absolute atomic E-state index is 0.226. The van der Waals surface area contributed by atoms with Gasteiger partial charge in [0.2, 0.25) is 0 Å². The number of pyridine rings is 1. The molecule has 3 rings (SSSR count). The first-order valence-corrected chi connectivity index (χ1v) is 9.66. The van der Waals surface area contributed by atoms with Gasteiger partial charge in [-0.2, -0.15) is 5.10 Å². The number of hydrogen-bond donors (Lipinski definition) is 0. The van der Waals surface area contributed by atoms with Crippen molar-refractivity contribution in [1.82, 2.24) is 14.8 Å². The third-order valence-electron chi connectivity index (χ3n) is 3.88. The predicted molar refractivity (Wildman–Crippen MR) is 103 cm³/mol. The molecule has 0 amide bonds. The van der Waals surface area contributed by atoms with Crippen molar-refractivity contribution in [1.29, 1.82) is 0 Å². The van der Waals surface area contributed by atoms with Gasteiger partial charge in [0.05, 0.1) is 11.9 Å². The van der Waals surface area contributed by atoms with Gasteiger partial charge in [0.15, 0.2) is 0 Å². The minimum Gasteiger partial charge on any atom is -0.262 e. The Labute approximate surface area is 159 Å². The minimum atomic E-state index is -0.280. The SMILES string of the molecule is Cc1nn(C(C)C)c(Sc2cccc(Br)c2)c1Cc1ccncc1F. The summed E-state index contributed by atoms with van der Waals surface area (Å²) in [5.41, 5.74) is 2.63. The number of hydrogen-bond acceptors (Lipinski definition) is 3. The second-order valence-electron chi connectivity index (χ2n) is 6.11. The van der Waals surface area contributed by atoms with Gasteiger partial charge in [-0.3, -0.25) is 9.67 Å². The molecule has 2 aromatic heterocycles. The van der Waals surface area contributed by atoms with Crippen LogP contribution in [0.25, 0.3) is 0 Å². The molecule has 3 aromatic rings. The Balaban J connectivity index is 2.04. The van der Waals surface area contributed by atoms with Gasteiger partial charge in [-0.1, -0.05) is 33.8 Å². The van der Waals surface area contributed by atoms with Crippen LogP contribution in [-0.2, 0) is 6.42 Å². The first kappa shape index (κ1) is 18.1. The molecule has 0 bridgehead atoms. The lowest BCUT2D eigenvalue weighted by atomic mass is 10.1. The quantitative estimate of drug-likeness (QED) is 0.522. The fourth-order valence-electron chi connectivity index (χ4n) is 2.60. The monoisotopic (exact) mass is 419 g/mol. The van der Waals surface area contributed by atoms with Gasteiger partial charge in [-0.25, -0.2) is 4.39 Å². The van der Waals surface area contributed by atoms with Gasteiger partial charge < -0.3 is 0 Å². The van der Waals surface area contributed by atoms with Crippen LogP contribution in [0.15, 0.2) is 57.1 Å². The molecule has 0 aliphatic heterocycles. The summed E-state index contributed by atoms with van der Waals surface area (Å²) in [6.45, 7) is 6.20. The van der Waals surface area contributed by atoms with E-state index in [9.17, 15) is 4.39 Å². The maximum atomic E-state index is 14.1. The molecular formula is C19H19BrFN3S. The molecule has 0 saturated carbocycles. The van der Waals surface area contributed by atoms with Gasteiger partial charge in [-0.15, -0.1) is 0 Å². The topological polar surface area (TPSA) is 30.7 Å². The molecule has 0 spiro atoms. The molecule has 25 heavy (non-hydrogen) atoms. The molecule has 130 valence electrons. The molecule has 0 atom stereocenters. The summed E-state index contributed by atoms with van der Waals surface area (Å²) in [7, 11) is 0. The van der Waals surface area contributed by atoms with Crippen LogP contribution in [0.2, 0.25) is 0 Å². The van der Waals surface area contributed by atoms with E-state index in [-0.39, 0.29) is 11.9 Å². The van der Waals surface area contributed by atoms with E-state index in [1.807, 2.05) is 23.7 Å². The lowest BCUT2D eigenvalue weighted by Crippen LogP contribution is -2.05. The van der Waals surface area contributed by atoms with Crippen molar-refractivity contribution < 1.29 is 4.39 Å². The van der Waals surface area contributed by atoms with E-state index in [1.165, 1.54) is 6.20 Å². The summed E-state index contributed by atoms with van der Waals surface area (Å²) in [6, 6.07) is 10.1. The average molecular weight is 420 g/mol. The van der Waals surface area contributed by atoms with Crippen molar-refractivity contribution in [3.05, 3.63) is 69.8 Å². The highest BCUT2D eigenvalue weighted by atomic mass is 79.9. The third kappa shape index (κ3) is 4.12. The molecule has 0 fully saturated rings. The van der Waals surface area contributed by atoms with Crippen molar-refractivity contribution in [2.24, 2.45) is 0 Å². The van der Waals surface area contributed by atoms with E-state index < -0.39 is 0 Å². The van der Waals surface area contributed by atoms with Crippen LogP contribution in [-0.4, -0.2) is 14.8 Å². The first-order chi connectivity index (χ1) is 12.0. The number of nitrogens with zero attached hydrogens (tertiary/aromatic N) is 3. The van der Waals surface area contributed by atoms with Crippen molar-refractivity contribution in [2.75, 3.05) is 0 Å². The zero-order chi connectivity index (χ0) is 18.0. The molecule has 3 nitrogen and oxygen atoms in total. The number of aryl methyl sites for hydroxylation is 1. The zero-order valence-electron chi connectivity index (χ0n) is 14.3. The van der Waals surface area contributed by atoms with E-state index in [0.29, 0.717) is 12.0 Å². The Hall–Kier alpha value is -1.66. The van der Waals surface area contributed by atoms with Gasteiger partial charge in [0.1, 0.15) is 10.8 Å². The molecule has 0 saturated heterocycles. The van der Waals surface area contributed by atoms with Gasteiger partial charge in [-0.05, 0) is 50.6 Å². The standard InChI is InChI=1S/C19H19BrFN3S/c1-12(2)24-19(25-16-6-4-5-15(20)10-16)17(13(3)23-24)9-14-7-8-22-11-18(14)21/h4-8,10-12H,9H2,1-3H3. The lowest BCUT2D eigenvalue weighted by Gasteiger charge is -2.13. The van der Waals surface area contributed by atoms with E-state index >= 15 is 0 Å². The molecular weight excluding hydrogens is 401 g/mol. The molecule has 1 aromatic carbocycles. The van der Waals surface area contributed by atoms with Crippen LogP contribution >= 0.6 is 27.7 Å². The van der Waals surface area contributed by atoms with Gasteiger partial charge >= 0.3 is 0 Å². The van der Waals surface area contributed by atoms with Crippen molar-refractivity contribution in [3.8, 4) is 0 Å². The second-order valence-corrected chi connectivity index (χ2v) is 8.09. The highest BCUT2D eigenvalue weighted by Gasteiger charge is 2.19. The van der Waals surface area contributed by atoms with E-state index in [0.717, 1.165) is 25.7 Å². The molecule has 2 heterocycles. The summed E-state index contributed by atoms with van der Waals surface area (Å²) in [5, 5.41) is 5.76. The van der Waals surface area contributed by atoms with Crippen molar-refractivity contribution in [2.45, 2.75) is 43.2 Å². The molecule has 0 N–H and O–H groups in total. The van der Waals surface area contributed by atoms with Crippen LogP contribution in [0.5, 0.6) is 0 Å². The maximum Gasteiger partial charge on any atom is 0.145 e. The van der Waals surface area contributed by atoms with E-state index in [2.05, 4.69) is 46.9 Å². The van der Waals surface area contributed by atoms with Crippen LogP contribution in [0.4, 0.5) is 4.39 Å². The summed E-state index contributed by atoms with van der Waals surface area (Å²) in [5.74, 6) is -0.280. The Morgan fingerprint density at radius 1 is 1.28 bits per heavy atom. The molecule has 0 aliphatic carbocycles. The van der Waals surface area contributed by atoms with Crippen LogP contribution in [0.1, 0.15) is 36.7 Å². The number of aromatic nitrogens is 3. The fourth-order valence-corrected chi connectivity index (χ4v) is 4.40. The summed E-state index contributed by atoms with van der Waals surface area (Å²) >= 11 is 5.18.